The van der Waals surface area contributed by atoms with Gasteiger partial charge in [0.15, 0.2) is 5.78 Å². The number of rotatable bonds is 6. The number of hydrogen-bond donors (Lipinski definition) is 0. The van der Waals surface area contributed by atoms with Crippen LogP contribution in [0.3, 0.4) is 0 Å². The van der Waals surface area contributed by atoms with E-state index in [9.17, 15) is 20.1 Å². The monoisotopic (exact) mass is 376 g/mol. The van der Waals surface area contributed by atoms with E-state index < -0.39 is 17.3 Å². The molecule has 0 radical (unpaired) electrons. The summed E-state index contributed by atoms with van der Waals surface area (Å²) < 4.78 is 5.26. The summed E-state index contributed by atoms with van der Waals surface area (Å²) in [5.74, 6) is -1.41. The molecule has 0 unspecified atom stereocenters. The first kappa shape index (κ1) is 18.6. The average molecular weight is 376 g/mol. The van der Waals surface area contributed by atoms with Crippen molar-refractivity contribution in [3.05, 3.63) is 63.9 Å². The van der Waals surface area contributed by atoms with Gasteiger partial charge in [-0.25, -0.2) is 0 Å². The maximum absolute atomic E-state index is 13.0. The van der Waals surface area contributed by atoms with Crippen LogP contribution in [-0.2, 0) is 9.53 Å². The van der Waals surface area contributed by atoms with Gasteiger partial charge in [-0.1, -0.05) is 36.4 Å². The molecule has 0 amide bonds. The Morgan fingerprint density at radius 3 is 2.44 bits per heavy atom. The summed E-state index contributed by atoms with van der Waals surface area (Å²) in [5.41, 5.74) is -0.659. The van der Waals surface area contributed by atoms with E-state index in [1.54, 1.807) is 48.7 Å². The first-order chi connectivity index (χ1) is 13.1. The highest BCUT2D eigenvalue weighted by molar-refractivity contribution is 7.11. The van der Waals surface area contributed by atoms with Crippen molar-refractivity contribution in [1.82, 2.24) is 0 Å². The molecule has 0 spiro atoms. The zero-order valence-electron chi connectivity index (χ0n) is 14.6. The van der Waals surface area contributed by atoms with Crippen molar-refractivity contribution in [3.63, 3.8) is 0 Å². The van der Waals surface area contributed by atoms with Gasteiger partial charge >= 0.3 is 5.97 Å². The molecule has 1 fully saturated rings. The van der Waals surface area contributed by atoms with Gasteiger partial charge < -0.3 is 4.74 Å². The third-order valence-corrected chi connectivity index (χ3v) is 5.55. The summed E-state index contributed by atoms with van der Waals surface area (Å²) in [7, 11) is 0. The quantitative estimate of drug-likeness (QED) is 0.432. The van der Waals surface area contributed by atoms with Gasteiger partial charge in [0.2, 0.25) is 0 Å². The van der Waals surface area contributed by atoms with Crippen molar-refractivity contribution in [2.45, 2.75) is 13.3 Å². The Hall–Kier alpha value is -3.22. The Morgan fingerprint density at radius 1 is 1.19 bits per heavy atom. The normalized spacial score (nSPS) is 20.0. The van der Waals surface area contributed by atoms with Gasteiger partial charge in [-0.05, 0) is 24.8 Å². The van der Waals surface area contributed by atoms with E-state index in [-0.39, 0.29) is 24.4 Å². The van der Waals surface area contributed by atoms with Crippen LogP contribution in [-0.4, -0.2) is 18.4 Å². The molecule has 27 heavy (non-hydrogen) atoms. The molecular formula is C21H16N2O3S. The van der Waals surface area contributed by atoms with E-state index in [4.69, 9.17) is 4.74 Å². The van der Waals surface area contributed by atoms with Gasteiger partial charge in [0, 0.05) is 21.9 Å². The standard InChI is InChI=1S/C21H16N2O3S/c1-2-26-20(25)21(11-16(21)19(24)14-7-4-3-5-8-14)18(15(12-22)13-23)17-9-6-10-27-17/h3-10,16H,2,11H2,1H3/t16-,21+/m0/s1. The Morgan fingerprint density at radius 2 is 1.89 bits per heavy atom. The number of ketones is 1. The number of thiophene rings is 1. The van der Waals surface area contributed by atoms with Crippen LogP contribution in [0.4, 0.5) is 0 Å². The fourth-order valence-electron chi connectivity index (χ4n) is 3.37. The number of nitriles is 2. The van der Waals surface area contributed by atoms with Gasteiger partial charge in [-0.15, -0.1) is 11.3 Å². The molecule has 1 saturated carbocycles. The number of carbonyl (C=O) groups excluding carboxylic acids is 2. The van der Waals surface area contributed by atoms with E-state index in [0.29, 0.717) is 16.0 Å². The van der Waals surface area contributed by atoms with Gasteiger partial charge in [0.1, 0.15) is 23.1 Å². The number of ether oxygens (including phenoxy) is 1. The molecule has 1 aromatic heterocycles. The van der Waals surface area contributed by atoms with Crippen molar-refractivity contribution in [3.8, 4) is 12.1 Å². The molecule has 1 aliphatic rings. The summed E-state index contributed by atoms with van der Waals surface area (Å²) >= 11 is 1.32. The zero-order valence-corrected chi connectivity index (χ0v) is 15.5. The van der Waals surface area contributed by atoms with Gasteiger partial charge in [-0.3, -0.25) is 9.59 Å². The highest BCUT2D eigenvalue weighted by atomic mass is 32.1. The van der Waals surface area contributed by atoms with Crippen molar-refractivity contribution < 1.29 is 14.3 Å². The van der Waals surface area contributed by atoms with Crippen molar-refractivity contribution >= 4 is 28.7 Å². The molecule has 1 heterocycles. The van der Waals surface area contributed by atoms with Crippen LogP contribution in [0.5, 0.6) is 0 Å². The average Bonchev–Trinajstić information content (AvgIpc) is 3.21. The van der Waals surface area contributed by atoms with Crippen molar-refractivity contribution in [2.24, 2.45) is 11.3 Å². The van der Waals surface area contributed by atoms with Crippen LogP contribution in [0.2, 0.25) is 0 Å². The van der Waals surface area contributed by atoms with Gasteiger partial charge in [0.05, 0.1) is 6.61 Å². The molecular weight excluding hydrogens is 360 g/mol. The Balaban J connectivity index is 2.14. The summed E-state index contributed by atoms with van der Waals surface area (Å²) in [5, 5.41) is 20.8. The zero-order chi connectivity index (χ0) is 19.4. The van der Waals surface area contributed by atoms with Crippen LogP contribution in [0, 0.1) is 34.0 Å². The fourth-order valence-corrected chi connectivity index (χ4v) is 4.23. The second-order valence-electron chi connectivity index (χ2n) is 6.13. The second-order valence-corrected chi connectivity index (χ2v) is 7.08. The molecule has 0 saturated heterocycles. The summed E-state index contributed by atoms with van der Waals surface area (Å²) in [6.45, 7) is 1.84. The fraction of sp³-hybridized carbons (Fsp3) is 0.238. The van der Waals surface area contributed by atoms with E-state index in [2.05, 4.69) is 0 Å². The summed E-state index contributed by atoms with van der Waals surface area (Å²) in [6.07, 6.45) is 0.222. The lowest BCUT2D eigenvalue weighted by molar-refractivity contribution is -0.147. The molecule has 2 aromatic rings. The number of carbonyl (C=O) groups is 2. The Kier molecular flexibility index (Phi) is 5.21. The minimum Gasteiger partial charge on any atom is -0.465 e. The third kappa shape index (κ3) is 3.16. The lowest BCUT2D eigenvalue weighted by Gasteiger charge is -2.19. The SMILES string of the molecule is CCOC(=O)[C@]1(C(=C(C#N)C#N)c2cccs2)C[C@H]1C(=O)c1ccccc1. The van der Waals surface area contributed by atoms with Crippen LogP contribution >= 0.6 is 11.3 Å². The third-order valence-electron chi connectivity index (χ3n) is 4.66. The molecule has 6 heteroatoms. The highest BCUT2D eigenvalue weighted by Crippen LogP contribution is 2.64. The van der Waals surface area contributed by atoms with Crippen LogP contribution < -0.4 is 0 Å². The van der Waals surface area contributed by atoms with E-state index in [0.717, 1.165) is 0 Å². The van der Waals surface area contributed by atoms with E-state index in [1.807, 2.05) is 18.2 Å². The first-order valence-corrected chi connectivity index (χ1v) is 9.33. The number of esters is 1. The Bertz CT molecular complexity index is 965. The number of allylic oxidation sites excluding steroid dienone is 1. The van der Waals surface area contributed by atoms with E-state index >= 15 is 0 Å². The van der Waals surface area contributed by atoms with Gasteiger partial charge in [-0.2, -0.15) is 10.5 Å². The number of Topliss-reactive ketones (excluding diaryl/α,β-unsaturated/α-hetero) is 1. The minimum absolute atomic E-state index is 0.152. The molecule has 5 nitrogen and oxygen atoms in total. The Labute approximate surface area is 161 Å². The topological polar surface area (TPSA) is 90.9 Å². The van der Waals surface area contributed by atoms with Crippen molar-refractivity contribution in [2.75, 3.05) is 6.61 Å². The van der Waals surface area contributed by atoms with Crippen LogP contribution in [0.1, 0.15) is 28.6 Å². The molecule has 1 aliphatic carbocycles. The summed E-state index contributed by atoms with van der Waals surface area (Å²) in [4.78, 5) is 26.6. The number of nitrogens with zero attached hydrogens (tertiary/aromatic N) is 2. The predicted octanol–water partition coefficient (Wildman–Crippen LogP) is 4.00. The van der Waals surface area contributed by atoms with Crippen molar-refractivity contribution in [1.29, 1.82) is 10.5 Å². The number of hydrogen-bond acceptors (Lipinski definition) is 6. The molecule has 0 aliphatic heterocycles. The highest BCUT2D eigenvalue weighted by Gasteiger charge is 2.67. The van der Waals surface area contributed by atoms with Crippen LogP contribution in [0.15, 0.2) is 53.4 Å². The smallest absolute Gasteiger partial charge is 0.317 e. The lowest BCUT2D eigenvalue weighted by Crippen LogP contribution is -2.26. The molecule has 2 atom stereocenters. The minimum atomic E-state index is -1.30. The largest absolute Gasteiger partial charge is 0.465 e. The maximum atomic E-state index is 13.0. The second kappa shape index (κ2) is 7.57. The summed E-state index contributed by atoms with van der Waals surface area (Å²) in [6, 6.07) is 16.0. The molecule has 134 valence electrons. The van der Waals surface area contributed by atoms with E-state index in [1.165, 1.54) is 11.3 Å². The molecule has 1 aromatic carbocycles. The number of benzene rings is 1. The van der Waals surface area contributed by atoms with Crippen LogP contribution in [0.25, 0.3) is 5.57 Å². The predicted molar refractivity (Wildman–Crippen MR) is 100 cm³/mol. The molecule has 3 rings (SSSR count). The first-order valence-electron chi connectivity index (χ1n) is 8.45. The maximum Gasteiger partial charge on any atom is 0.317 e. The van der Waals surface area contributed by atoms with Gasteiger partial charge in [0.25, 0.3) is 0 Å². The lowest BCUT2D eigenvalue weighted by atomic mass is 9.86. The molecule has 0 bridgehead atoms. The molecule has 0 N–H and O–H groups in total.